The number of phenols is 1. The van der Waals surface area contributed by atoms with Gasteiger partial charge in [0, 0.05) is 10.6 Å². The van der Waals surface area contributed by atoms with Crippen molar-refractivity contribution < 1.29 is 14.4 Å². The summed E-state index contributed by atoms with van der Waals surface area (Å²) in [5.74, 6) is 0.949. The van der Waals surface area contributed by atoms with Crippen molar-refractivity contribution >= 4 is 11.6 Å². The molecule has 3 rings (SSSR count). The van der Waals surface area contributed by atoms with Crippen LogP contribution < -0.4 is 4.74 Å². The Morgan fingerprint density at radius 1 is 1.14 bits per heavy atom. The van der Waals surface area contributed by atoms with Crippen molar-refractivity contribution in [3.05, 3.63) is 47.5 Å². The zero-order valence-corrected chi connectivity index (χ0v) is 11.8. The van der Waals surface area contributed by atoms with Gasteiger partial charge in [-0.05, 0) is 36.4 Å². The largest absolute Gasteiger partial charge is 0.504 e. The zero-order chi connectivity index (χ0) is 14.8. The maximum absolute atomic E-state index is 10.1. The number of halogens is 1. The summed E-state index contributed by atoms with van der Waals surface area (Å²) in [7, 11) is 1.48. The highest BCUT2D eigenvalue weighted by atomic mass is 35.5. The Hall–Kier alpha value is -2.53. The zero-order valence-electron chi connectivity index (χ0n) is 11.1. The lowest BCUT2D eigenvalue weighted by molar-refractivity contribution is 0.371. The Labute approximate surface area is 125 Å². The second-order valence-electron chi connectivity index (χ2n) is 4.29. The van der Waals surface area contributed by atoms with E-state index < -0.39 is 0 Å². The Bertz CT molecular complexity index is 769. The second kappa shape index (κ2) is 5.46. The molecule has 0 bridgehead atoms. The number of nitrogens with zero attached hydrogens (tertiary/aromatic N) is 2. The first-order valence-electron chi connectivity index (χ1n) is 6.15. The minimum atomic E-state index is -0.0358. The Morgan fingerprint density at radius 2 is 1.90 bits per heavy atom. The Balaban J connectivity index is 2.00. The molecule has 0 aliphatic carbocycles. The van der Waals surface area contributed by atoms with Crippen LogP contribution in [0.1, 0.15) is 0 Å². The number of para-hydroxylation sites is 1. The fraction of sp³-hybridized carbons (Fsp3) is 0.0667. The number of rotatable bonds is 3. The highest BCUT2D eigenvalue weighted by Gasteiger charge is 2.16. The van der Waals surface area contributed by atoms with Crippen LogP contribution in [0.4, 0.5) is 0 Å². The predicted molar refractivity (Wildman–Crippen MR) is 78.4 cm³/mol. The Morgan fingerprint density at radius 3 is 2.62 bits per heavy atom. The van der Waals surface area contributed by atoms with Gasteiger partial charge in [0.15, 0.2) is 11.5 Å². The fourth-order valence-electron chi connectivity index (χ4n) is 1.91. The van der Waals surface area contributed by atoms with E-state index in [2.05, 4.69) is 10.1 Å². The second-order valence-corrected chi connectivity index (χ2v) is 4.72. The molecule has 2 aromatic carbocycles. The SMILES string of the molecule is COc1cccc(-c2nc(-c3ccc(Cl)cc3)no2)c1O. The molecule has 0 spiro atoms. The molecule has 0 aliphatic rings. The number of phenolic OH excluding ortho intramolecular Hbond substituents is 1. The van der Waals surface area contributed by atoms with Crippen molar-refractivity contribution in [1.82, 2.24) is 10.1 Å². The summed E-state index contributed by atoms with van der Waals surface area (Å²) < 4.78 is 10.3. The maximum Gasteiger partial charge on any atom is 0.262 e. The third kappa shape index (κ3) is 2.55. The van der Waals surface area contributed by atoms with Crippen LogP contribution in [0.15, 0.2) is 47.0 Å². The highest BCUT2D eigenvalue weighted by Crippen LogP contribution is 2.36. The summed E-state index contributed by atoms with van der Waals surface area (Å²) in [5.41, 5.74) is 1.19. The van der Waals surface area contributed by atoms with Gasteiger partial charge in [-0.15, -0.1) is 0 Å². The summed E-state index contributed by atoms with van der Waals surface area (Å²) in [6.45, 7) is 0. The predicted octanol–water partition coefficient (Wildman–Crippen LogP) is 3.77. The minimum Gasteiger partial charge on any atom is -0.504 e. The van der Waals surface area contributed by atoms with E-state index in [1.54, 1.807) is 42.5 Å². The third-order valence-corrected chi connectivity index (χ3v) is 3.23. The maximum atomic E-state index is 10.1. The topological polar surface area (TPSA) is 68.4 Å². The lowest BCUT2D eigenvalue weighted by Gasteiger charge is -2.04. The summed E-state index contributed by atoms with van der Waals surface area (Å²) in [5, 5.41) is 14.6. The number of hydrogen-bond acceptors (Lipinski definition) is 5. The molecule has 5 nitrogen and oxygen atoms in total. The first-order chi connectivity index (χ1) is 10.2. The van der Waals surface area contributed by atoms with E-state index in [1.807, 2.05) is 0 Å². The van der Waals surface area contributed by atoms with Gasteiger partial charge in [0.2, 0.25) is 5.82 Å². The summed E-state index contributed by atoms with van der Waals surface area (Å²) >= 11 is 5.84. The lowest BCUT2D eigenvalue weighted by atomic mass is 10.2. The van der Waals surface area contributed by atoms with Crippen LogP contribution in [0.3, 0.4) is 0 Å². The number of aromatic hydroxyl groups is 1. The molecule has 106 valence electrons. The van der Waals surface area contributed by atoms with Crippen molar-refractivity contribution in [3.63, 3.8) is 0 Å². The highest BCUT2D eigenvalue weighted by molar-refractivity contribution is 6.30. The van der Waals surface area contributed by atoms with Gasteiger partial charge in [0.25, 0.3) is 5.89 Å². The van der Waals surface area contributed by atoms with Crippen molar-refractivity contribution in [2.75, 3.05) is 7.11 Å². The minimum absolute atomic E-state index is 0.0358. The first kappa shape index (κ1) is 13.5. The molecule has 6 heteroatoms. The van der Waals surface area contributed by atoms with E-state index in [1.165, 1.54) is 7.11 Å². The number of ether oxygens (including phenoxy) is 1. The molecule has 1 aromatic heterocycles. The molecule has 0 unspecified atom stereocenters. The van der Waals surface area contributed by atoms with E-state index in [0.29, 0.717) is 22.2 Å². The van der Waals surface area contributed by atoms with E-state index >= 15 is 0 Å². The smallest absolute Gasteiger partial charge is 0.262 e. The van der Waals surface area contributed by atoms with Crippen LogP contribution in [0.2, 0.25) is 5.02 Å². The summed E-state index contributed by atoms with van der Waals surface area (Å²) in [6, 6.07) is 12.1. The number of benzene rings is 2. The van der Waals surface area contributed by atoms with E-state index in [9.17, 15) is 5.11 Å². The van der Waals surface area contributed by atoms with Gasteiger partial charge in [0.1, 0.15) is 0 Å². The van der Waals surface area contributed by atoms with Crippen LogP contribution in [0.25, 0.3) is 22.8 Å². The fourth-order valence-corrected chi connectivity index (χ4v) is 2.03. The number of hydrogen-bond donors (Lipinski definition) is 1. The summed E-state index contributed by atoms with van der Waals surface area (Å²) in [4.78, 5) is 4.28. The van der Waals surface area contributed by atoms with Gasteiger partial charge in [-0.1, -0.05) is 22.8 Å². The molecule has 3 aromatic rings. The van der Waals surface area contributed by atoms with E-state index in [4.69, 9.17) is 20.9 Å². The monoisotopic (exact) mass is 302 g/mol. The average Bonchev–Trinajstić information content (AvgIpc) is 2.98. The summed E-state index contributed by atoms with van der Waals surface area (Å²) in [6.07, 6.45) is 0. The molecule has 0 radical (unpaired) electrons. The van der Waals surface area contributed by atoms with Crippen molar-refractivity contribution in [3.8, 4) is 34.3 Å². The van der Waals surface area contributed by atoms with Crippen LogP contribution in [0.5, 0.6) is 11.5 Å². The molecular formula is C15H11ClN2O3. The third-order valence-electron chi connectivity index (χ3n) is 2.98. The molecule has 1 N–H and O–H groups in total. The van der Waals surface area contributed by atoms with Crippen molar-refractivity contribution in [1.29, 1.82) is 0 Å². The van der Waals surface area contributed by atoms with Crippen LogP contribution in [0, 0.1) is 0 Å². The first-order valence-corrected chi connectivity index (χ1v) is 6.53. The molecule has 0 fully saturated rings. The van der Waals surface area contributed by atoms with Crippen LogP contribution in [-0.2, 0) is 0 Å². The van der Waals surface area contributed by atoms with Gasteiger partial charge >= 0.3 is 0 Å². The molecule has 21 heavy (non-hydrogen) atoms. The van der Waals surface area contributed by atoms with E-state index in [-0.39, 0.29) is 11.6 Å². The van der Waals surface area contributed by atoms with Gasteiger partial charge in [-0.3, -0.25) is 0 Å². The molecule has 0 aliphatic heterocycles. The van der Waals surface area contributed by atoms with E-state index in [0.717, 1.165) is 5.56 Å². The molecule has 0 amide bonds. The molecule has 0 atom stereocenters. The molecule has 0 saturated heterocycles. The number of aromatic nitrogens is 2. The van der Waals surface area contributed by atoms with Gasteiger partial charge in [0.05, 0.1) is 12.7 Å². The van der Waals surface area contributed by atoms with Crippen LogP contribution in [-0.4, -0.2) is 22.4 Å². The standard InChI is InChI=1S/C15H11ClN2O3/c1-20-12-4-2-3-11(13(12)19)15-17-14(18-21-15)9-5-7-10(16)8-6-9/h2-8,19H,1H3. The van der Waals surface area contributed by atoms with Crippen molar-refractivity contribution in [2.45, 2.75) is 0 Å². The van der Waals surface area contributed by atoms with Gasteiger partial charge in [-0.25, -0.2) is 0 Å². The van der Waals surface area contributed by atoms with Gasteiger partial charge < -0.3 is 14.4 Å². The normalized spacial score (nSPS) is 10.6. The Kier molecular flexibility index (Phi) is 3.50. The van der Waals surface area contributed by atoms with Gasteiger partial charge in [-0.2, -0.15) is 4.98 Å². The lowest BCUT2D eigenvalue weighted by Crippen LogP contribution is -1.86. The number of methoxy groups -OCH3 is 1. The molecule has 0 saturated carbocycles. The molecular weight excluding hydrogens is 292 g/mol. The van der Waals surface area contributed by atoms with Crippen molar-refractivity contribution in [2.24, 2.45) is 0 Å². The average molecular weight is 303 g/mol. The quantitative estimate of drug-likeness (QED) is 0.797. The molecule has 1 heterocycles. The van der Waals surface area contributed by atoms with Crippen LogP contribution >= 0.6 is 11.6 Å².